The summed E-state index contributed by atoms with van der Waals surface area (Å²) in [5.74, 6) is -1.58. The van der Waals surface area contributed by atoms with Crippen molar-refractivity contribution in [3.8, 4) is 0 Å². The number of aliphatic carboxylic acids is 1. The van der Waals surface area contributed by atoms with E-state index < -0.39 is 17.4 Å². The van der Waals surface area contributed by atoms with Gasteiger partial charge >= 0.3 is 5.97 Å². The molecule has 2 N–H and O–H groups in total. The highest BCUT2D eigenvalue weighted by molar-refractivity contribution is 5.95. The van der Waals surface area contributed by atoms with E-state index in [1.54, 1.807) is 13.0 Å². The van der Waals surface area contributed by atoms with Crippen molar-refractivity contribution in [3.63, 3.8) is 0 Å². The summed E-state index contributed by atoms with van der Waals surface area (Å²) >= 11 is 0. The van der Waals surface area contributed by atoms with Gasteiger partial charge in [-0.1, -0.05) is 0 Å². The Bertz CT molecular complexity index is 545. The highest BCUT2D eigenvalue weighted by Gasteiger charge is 2.35. The van der Waals surface area contributed by atoms with Crippen molar-refractivity contribution in [1.82, 2.24) is 9.88 Å². The molecule has 18 heavy (non-hydrogen) atoms. The van der Waals surface area contributed by atoms with Crippen LogP contribution in [0.5, 0.6) is 0 Å². The van der Waals surface area contributed by atoms with E-state index in [1.165, 1.54) is 11.0 Å². The number of hydrogen-bond acceptors (Lipinski definition) is 3. The molecule has 1 aromatic heterocycles. The van der Waals surface area contributed by atoms with Crippen molar-refractivity contribution in [3.05, 3.63) is 33.7 Å². The zero-order valence-electron chi connectivity index (χ0n) is 9.97. The lowest BCUT2D eigenvalue weighted by Gasteiger charge is -2.19. The number of nitrogens with one attached hydrogen (secondary N) is 1. The number of H-pyrrole nitrogens is 1. The average molecular weight is 250 g/mol. The number of carbonyl (C=O) groups is 2. The van der Waals surface area contributed by atoms with E-state index in [0.717, 1.165) is 12.8 Å². The predicted octanol–water partition coefficient (Wildman–Crippen LogP) is 0.373. The van der Waals surface area contributed by atoms with Crippen LogP contribution in [-0.4, -0.2) is 39.5 Å². The Morgan fingerprint density at radius 1 is 1.44 bits per heavy atom. The monoisotopic (exact) mass is 250 g/mol. The van der Waals surface area contributed by atoms with Crippen molar-refractivity contribution in [2.24, 2.45) is 0 Å². The lowest BCUT2D eigenvalue weighted by molar-refractivity contribution is -0.137. The molecule has 1 aliphatic carbocycles. The van der Waals surface area contributed by atoms with Crippen LogP contribution in [0.4, 0.5) is 0 Å². The maximum Gasteiger partial charge on any atom is 0.323 e. The Morgan fingerprint density at radius 2 is 2.11 bits per heavy atom. The van der Waals surface area contributed by atoms with E-state index in [1.807, 2.05) is 0 Å². The summed E-state index contributed by atoms with van der Waals surface area (Å²) in [6, 6.07) is 3.02. The first-order valence-electron chi connectivity index (χ1n) is 5.71. The maximum absolute atomic E-state index is 12.1. The number of aromatic amines is 1. The molecule has 0 aliphatic heterocycles. The molecular formula is C12H14N2O4. The number of aryl methyl sites for hydroxylation is 1. The first kappa shape index (κ1) is 12.3. The Morgan fingerprint density at radius 3 is 2.61 bits per heavy atom. The summed E-state index contributed by atoms with van der Waals surface area (Å²) in [6.07, 6.45) is 1.59. The summed E-state index contributed by atoms with van der Waals surface area (Å²) in [5.41, 5.74) is 0.178. The SMILES string of the molecule is Cc1ccc(C(=O)N(CC(=O)O)C2CC2)c(=O)[nH]1. The minimum absolute atomic E-state index is 0.00579. The number of nitrogens with zero attached hydrogens (tertiary/aromatic N) is 1. The molecule has 0 bridgehead atoms. The van der Waals surface area contributed by atoms with Crippen LogP contribution in [0, 0.1) is 6.92 Å². The highest BCUT2D eigenvalue weighted by Crippen LogP contribution is 2.27. The van der Waals surface area contributed by atoms with E-state index >= 15 is 0 Å². The van der Waals surface area contributed by atoms with E-state index in [-0.39, 0.29) is 18.2 Å². The zero-order valence-corrected chi connectivity index (χ0v) is 9.97. The number of amides is 1. The van der Waals surface area contributed by atoms with E-state index in [4.69, 9.17) is 5.11 Å². The van der Waals surface area contributed by atoms with Crippen LogP contribution in [0.1, 0.15) is 28.9 Å². The molecule has 0 aromatic carbocycles. The number of carbonyl (C=O) groups excluding carboxylic acids is 1. The fraction of sp³-hybridized carbons (Fsp3) is 0.417. The third-order valence-electron chi connectivity index (χ3n) is 2.84. The van der Waals surface area contributed by atoms with Crippen LogP contribution in [-0.2, 0) is 4.79 Å². The predicted molar refractivity (Wildman–Crippen MR) is 63.5 cm³/mol. The molecule has 0 spiro atoms. The van der Waals surface area contributed by atoms with Crippen LogP contribution >= 0.6 is 0 Å². The Kier molecular flexibility index (Phi) is 3.18. The summed E-state index contributed by atoms with van der Waals surface area (Å²) in [4.78, 5) is 38.3. The minimum Gasteiger partial charge on any atom is -0.480 e. The van der Waals surface area contributed by atoms with Crippen molar-refractivity contribution in [2.75, 3.05) is 6.54 Å². The lowest BCUT2D eigenvalue weighted by Crippen LogP contribution is -2.39. The van der Waals surface area contributed by atoms with Crippen molar-refractivity contribution >= 4 is 11.9 Å². The molecule has 0 radical (unpaired) electrons. The molecule has 1 aliphatic rings. The van der Waals surface area contributed by atoms with Gasteiger partial charge in [0.25, 0.3) is 11.5 Å². The van der Waals surface area contributed by atoms with Crippen LogP contribution in [0.3, 0.4) is 0 Å². The van der Waals surface area contributed by atoms with Gasteiger partial charge in [0, 0.05) is 11.7 Å². The quantitative estimate of drug-likeness (QED) is 0.807. The molecule has 1 saturated carbocycles. The molecule has 1 aromatic rings. The van der Waals surface area contributed by atoms with Gasteiger partial charge in [0.15, 0.2) is 0 Å². The number of carboxylic acids is 1. The van der Waals surface area contributed by atoms with Gasteiger partial charge in [-0.05, 0) is 31.9 Å². The van der Waals surface area contributed by atoms with Crippen LogP contribution in [0.15, 0.2) is 16.9 Å². The molecule has 6 heteroatoms. The third kappa shape index (κ3) is 2.58. The van der Waals surface area contributed by atoms with Gasteiger partial charge in [-0.25, -0.2) is 0 Å². The van der Waals surface area contributed by atoms with Gasteiger partial charge in [-0.2, -0.15) is 0 Å². The number of carboxylic acid groups (broad SMARTS) is 1. The second kappa shape index (κ2) is 4.64. The minimum atomic E-state index is -1.07. The van der Waals surface area contributed by atoms with Gasteiger partial charge in [0.05, 0.1) is 0 Å². The molecular weight excluding hydrogens is 236 g/mol. The number of pyridine rings is 1. The zero-order chi connectivity index (χ0) is 13.3. The van der Waals surface area contributed by atoms with E-state index in [0.29, 0.717) is 5.69 Å². The smallest absolute Gasteiger partial charge is 0.323 e. The first-order chi connectivity index (χ1) is 8.49. The molecule has 1 heterocycles. The largest absolute Gasteiger partial charge is 0.480 e. The molecule has 1 fully saturated rings. The molecule has 0 atom stereocenters. The van der Waals surface area contributed by atoms with Crippen LogP contribution in [0.25, 0.3) is 0 Å². The summed E-state index contributed by atoms with van der Waals surface area (Å²) in [7, 11) is 0. The number of rotatable bonds is 4. The number of aromatic nitrogens is 1. The van der Waals surface area contributed by atoms with Crippen LogP contribution < -0.4 is 5.56 Å². The summed E-state index contributed by atoms with van der Waals surface area (Å²) in [6.45, 7) is 1.35. The second-order valence-corrected chi connectivity index (χ2v) is 4.44. The van der Waals surface area contributed by atoms with Crippen LogP contribution in [0.2, 0.25) is 0 Å². The molecule has 1 amide bonds. The summed E-state index contributed by atoms with van der Waals surface area (Å²) < 4.78 is 0. The van der Waals surface area contributed by atoms with Crippen molar-refractivity contribution < 1.29 is 14.7 Å². The van der Waals surface area contributed by atoms with Gasteiger partial charge in [0.1, 0.15) is 12.1 Å². The normalized spacial score (nSPS) is 14.3. The number of hydrogen-bond donors (Lipinski definition) is 2. The van der Waals surface area contributed by atoms with Gasteiger partial charge in [0.2, 0.25) is 0 Å². The Hall–Kier alpha value is -2.11. The maximum atomic E-state index is 12.1. The molecule has 96 valence electrons. The molecule has 6 nitrogen and oxygen atoms in total. The van der Waals surface area contributed by atoms with Crippen molar-refractivity contribution in [2.45, 2.75) is 25.8 Å². The van der Waals surface area contributed by atoms with Gasteiger partial charge in [-0.3, -0.25) is 14.4 Å². The fourth-order valence-electron chi connectivity index (χ4n) is 1.79. The fourth-order valence-corrected chi connectivity index (χ4v) is 1.79. The molecule has 0 unspecified atom stereocenters. The third-order valence-corrected chi connectivity index (χ3v) is 2.84. The van der Waals surface area contributed by atoms with E-state index in [9.17, 15) is 14.4 Å². The first-order valence-corrected chi connectivity index (χ1v) is 5.71. The molecule has 2 rings (SSSR count). The van der Waals surface area contributed by atoms with Gasteiger partial charge in [-0.15, -0.1) is 0 Å². The second-order valence-electron chi connectivity index (χ2n) is 4.44. The Balaban J connectivity index is 2.27. The lowest BCUT2D eigenvalue weighted by atomic mass is 10.2. The Labute approximate surface area is 103 Å². The summed E-state index contributed by atoms with van der Waals surface area (Å²) in [5, 5.41) is 8.79. The van der Waals surface area contributed by atoms with E-state index in [2.05, 4.69) is 4.98 Å². The van der Waals surface area contributed by atoms with Gasteiger partial charge < -0.3 is 15.0 Å². The topological polar surface area (TPSA) is 90.5 Å². The molecule has 0 saturated heterocycles. The highest BCUT2D eigenvalue weighted by atomic mass is 16.4. The van der Waals surface area contributed by atoms with Crippen molar-refractivity contribution in [1.29, 1.82) is 0 Å². The average Bonchev–Trinajstić information content (AvgIpc) is 3.08. The standard InChI is InChI=1S/C12H14N2O4/c1-7-2-5-9(11(17)13-7)12(18)14(6-10(15)16)8-3-4-8/h2,5,8H,3-4,6H2,1H3,(H,13,17)(H,15,16).